The van der Waals surface area contributed by atoms with Gasteiger partial charge < -0.3 is 19.8 Å². The molecule has 0 aliphatic rings. The van der Waals surface area contributed by atoms with E-state index in [1.165, 1.54) is 0 Å². The minimum atomic E-state index is 0.0612. The van der Waals surface area contributed by atoms with Crippen LogP contribution in [0.25, 0.3) is 0 Å². The van der Waals surface area contributed by atoms with Gasteiger partial charge in [0.15, 0.2) is 0 Å². The molecule has 1 rings (SSSR count). The van der Waals surface area contributed by atoms with Gasteiger partial charge in [0.2, 0.25) is 0 Å². The van der Waals surface area contributed by atoms with Crippen molar-refractivity contribution in [3.8, 4) is 0 Å². The molecule has 0 amide bonds. The average molecular weight is 198 g/mol. The maximum absolute atomic E-state index is 8.64. The van der Waals surface area contributed by atoms with Crippen molar-refractivity contribution in [1.29, 1.82) is 0 Å². The molecule has 2 N–H and O–H groups in total. The third-order valence-corrected chi connectivity index (χ3v) is 1.39. The van der Waals surface area contributed by atoms with E-state index in [9.17, 15) is 0 Å². The first-order valence-corrected chi connectivity index (χ1v) is 3.74. The molecular formula is C10H14O4. The second-order valence-electron chi connectivity index (χ2n) is 2.13. The Balaban J connectivity index is 0. The molecule has 0 fully saturated rings. The van der Waals surface area contributed by atoms with E-state index in [2.05, 4.69) is 0 Å². The molecule has 0 heterocycles. The Labute approximate surface area is 82.8 Å². The van der Waals surface area contributed by atoms with Crippen molar-refractivity contribution in [3.05, 3.63) is 35.4 Å². The third-order valence-electron chi connectivity index (χ3n) is 1.39. The van der Waals surface area contributed by atoms with Crippen LogP contribution < -0.4 is 0 Å². The van der Waals surface area contributed by atoms with Gasteiger partial charge in [-0.05, 0) is 11.1 Å². The van der Waals surface area contributed by atoms with Crippen molar-refractivity contribution in [3.63, 3.8) is 0 Å². The zero-order valence-electron chi connectivity index (χ0n) is 7.85. The molecule has 0 saturated carbocycles. The minimum absolute atomic E-state index is 0.0612. The Bertz CT molecular complexity index is 195. The third kappa shape index (κ3) is 6.05. The first-order valence-electron chi connectivity index (χ1n) is 3.74. The van der Waals surface area contributed by atoms with Gasteiger partial charge in [0.1, 0.15) is 13.6 Å². The lowest BCUT2D eigenvalue weighted by atomic mass is 10.1. The van der Waals surface area contributed by atoms with Crippen LogP contribution in [0.5, 0.6) is 0 Å². The largest absolute Gasteiger partial charge is 0.392 e. The molecular weight excluding hydrogens is 184 g/mol. The van der Waals surface area contributed by atoms with Crippen LogP contribution in [0.1, 0.15) is 11.1 Å². The molecule has 4 nitrogen and oxygen atoms in total. The van der Waals surface area contributed by atoms with E-state index < -0.39 is 0 Å². The summed E-state index contributed by atoms with van der Waals surface area (Å²) < 4.78 is 0. The zero-order chi connectivity index (χ0) is 11.4. The molecule has 0 radical (unpaired) electrons. The van der Waals surface area contributed by atoms with E-state index >= 15 is 0 Å². The molecule has 1 aromatic carbocycles. The Morgan fingerprint density at radius 3 is 1.14 bits per heavy atom. The van der Waals surface area contributed by atoms with Crippen LogP contribution in [-0.2, 0) is 22.8 Å². The molecule has 0 aliphatic carbocycles. The summed E-state index contributed by atoms with van der Waals surface area (Å²) in [5, 5.41) is 17.3. The van der Waals surface area contributed by atoms with Crippen LogP contribution in [0, 0.1) is 0 Å². The Morgan fingerprint density at radius 1 is 0.786 bits per heavy atom. The van der Waals surface area contributed by atoms with E-state index in [0.717, 1.165) is 11.1 Å². The van der Waals surface area contributed by atoms with Gasteiger partial charge in [0.05, 0.1) is 13.2 Å². The summed E-state index contributed by atoms with van der Waals surface area (Å²) >= 11 is 0. The number of benzene rings is 1. The van der Waals surface area contributed by atoms with Gasteiger partial charge in [-0.3, -0.25) is 0 Å². The predicted molar refractivity (Wildman–Crippen MR) is 52.5 cm³/mol. The smallest absolute Gasteiger partial charge is 0.106 e. The second kappa shape index (κ2) is 11.5. The van der Waals surface area contributed by atoms with Crippen LogP contribution in [0.3, 0.4) is 0 Å². The Kier molecular flexibility index (Phi) is 12.3. The van der Waals surface area contributed by atoms with Gasteiger partial charge in [0.25, 0.3) is 0 Å². The van der Waals surface area contributed by atoms with E-state index in [0.29, 0.717) is 0 Å². The fourth-order valence-corrected chi connectivity index (χ4v) is 0.750. The molecule has 0 spiro atoms. The minimum Gasteiger partial charge on any atom is -0.392 e. The molecule has 0 atom stereocenters. The molecule has 0 aliphatic heterocycles. The first-order chi connectivity index (χ1) is 6.86. The van der Waals surface area contributed by atoms with Crippen LogP contribution in [0.2, 0.25) is 0 Å². The van der Waals surface area contributed by atoms with Gasteiger partial charge in [-0.25, -0.2) is 0 Å². The SMILES string of the molecule is C=O.C=O.OCc1ccc(CO)cc1. The van der Waals surface area contributed by atoms with Crippen molar-refractivity contribution in [2.24, 2.45) is 0 Å². The number of rotatable bonds is 2. The number of hydrogen-bond acceptors (Lipinski definition) is 4. The molecule has 1 aromatic rings. The predicted octanol–water partition coefficient (Wildman–Crippen LogP) is 0.301. The Morgan fingerprint density at radius 2 is 1.00 bits per heavy atom. The standard InChI is InChI=1S/C8H10O2.2CH2O/c9-5-7-1-2-8(6-10)4-3-7;2*1-2/h1-4,9-10H,5-6H2;2*1H2. The highest BCUT2D eigenvalue weighted by Gasteiger charge is 1.89. The molecule has 78 valence electrons. The van der Waals surface area contributed by atoms with Gasteiger partial charge in [-0.2, -0.15) is 0 Å². The topological polar surface area (TPSA) is 74.6 Å². The monoisotopic (exact) mass is 198 g/mol. The normalized spacial score (nSPS) is 7.57. The highest BCUT2D eigenvalue weighted by molar-refractivity contribution is 5.21. The maximum Gasteiger partial charge on any atom is 0.106 e. The van der Waals surface area contributed by atoms with Crippen LogP contribution >= 0.6 is 0 Å². The number of hydrogen-bond donors (Lipinski definition) is 2. The summed E-state index contributed by atoms with van der Waals surface area (Å²) in [5.74, 6) is 0. The molecule has 0 aromatic heterocycles. The molecule has 4 heteroatoms. The second-order valence-corrected chi connectivity index (χ2v) is 2.13. The van der Waals surface area contributed by atoms with Crippen molar-refractivity contribution in [2.75, 3.05) is 0 Å². The summed E-state index contributed by atoms with van der Waals surface area (Å²) in [6.45, 7) is 4.12. The van der Waals surface area contributed by atoms with Gasteiger partial charge >= 0.3 is 0 Å². The summed E-state index contributed by atoms with van der Waals surface area (Å²) in [4.78, 5) is 16.0. The number of aliphatic hydroxyl groups is 2. The highest BCUT2D eigenvalue weighted by atomic mass is 16.3. The summed E-state index contributed by atoms with van der Waals surface area (Å²) in [7, 11) is 0. The molecule has 0 saturated heterocycles. The molecule has 0 unspecified atom stereocenters. The quantitative estimate of drug-likeness (QED) is 0.716. The first kappa shape index (κ1) is 15.0. The molecule has 0 bridgehead atoms. The lowest BCUT2D eigenvalue weighted by molar-refractivity contribution is -0.0987. The summed E-state index contributed by atoms with van der Waals surface area (Å²) in [6, 6.07) is 7.19. The maximum atomic E-state index is 8.64. The Hall–Kier alpha value is -1.52. The van der Waals surface area contributed by atoms with Gasteiger partial charge in [-0.15, -0.1) is 0 Å². The van der Waals surface area contributed by atoms with Crippen molar-refractivity contribution >= 4 is 13.6 Å². The highest BCUT2D eigenvalue weighted by Crippen LogP contribution is 2.03. The van der Waals surface area contributed by atoms with Crippen LogP contribution in [0.4, 0.5) is 0 Å². The number of carbonyl (C=O) groups is 2. The molecule has 14 heavy (non-hydrogen) atoms. The van der Waals surface area contributed by atoms with Gasteiger partial charge in [0, 0.05) is 0 Å². The lowest BCUT2D eigenvalue weighted by Crippen LogP contribution is -1.85. The van der Waals surface area contributed by atoms with Crippen molar-refractivity contribution < 1.29 is 19.8 Å². The lowest BCUT2D eigenvalue weighted by Gasteiger charge is -1.96. The summed E-state index contributed by atoms with van der Waals surface area (Å²) in [6.07, 6.45) is 0. The van der Waals surface area contributed by atoms with Gasteiger partial charge in [-0.1, -0.05) is 24.3 Å². The van der Waals surface area contributed by atoms with E-state index in [1.54, 1.807) is 24.3 Å². The number of aliphatic hydroxyl groups excluding tert-OH is 2. The van der Waals surface area contributed by atoms with E-state index in [4.69, 9.17) is 19.8 Å². The summed E-state index contributed by atoms with van der Waals surface area (Å²) in [5.41, 5.74) is 1.74. The van der Waals surface area contributed by atoms with Crippen LogP contribution in [-0.4, -0.2) is 23.8 Å². The number of carbonyl (C=O) groups excluding carboxylic acids is 2. The fourth-order valence-electron chi connectivity index (χ4n) is 0.750. The van der Waals surface area contributed by atoms with Crippen molar-refractivity contribution in [1.82, 2.24) is 0 Å². The van der Waals surface area contributed by atoms with Crippen LogP contribution in [0.15, 0.2) is 24.3 Å². The average Bonchev–Trinajstić information content (AvgIpc) is 2.34. The van der Waals surface area contributed by atoms with E-state index in [-0.39, 0.29) is 13.2 Å². The van der Waals surface area contributed by atoms with E-state index in [1.807, 2.05) is 13.6 Å². The fraction of sp³-hybridized carbons (Fsp3) is 0.200. The van der Waals surface area contributed by atoms with Crippen molar-refractivity contribution in [2.45, 2.75) is 13.2 Å². The zero-order valence-corrected chi connectivity index (χ0v) is 7.85.